The van der Waals surface area contributed by atoms with Gasteiger partial charge >= 0.3 is 0 Å². The largest absolute Gasteiger partial charge is 0.379 e. The van der Waals surface area contributed by atoms with Crippen LogP contribution < -0.4 is 5.32 Å². The highest BCUT2D eigenvalue weighted by Crippen LogP contribution is 2.30. The molecule has 1 aliphatic rings. The molecule has 0 saturated carbocycles. The summed E-state index contributed by atoms with van der Waals surface area (Å²) in [7, 11) is 0. The highest BCUT2D eigenvalue weighted by Gasteiger charge is 2.33. The van der Waals surface area contributed by atoms with E-state index in [1.165, 1.54) is 12.1 Å². The number of nitrogens with zero attached hydrogens (tertiary/aromatic N) is 2. The van der Waals surface area contributed by atoms with Crippen LogP contribution in [0.2, 0.25) is 0 Å². The molecule has 1 N–H and O–H groups in total. The predicted molar refractivity (Wildman–Crippen MR) is 78.4 cm³/mol. The van der Waals surface area contributed by atoms with Crippen molar-refractivity contribution in [2.24, 2.45) is 0 Å². The SMILES string of the molecule is CCNC1COCC1c1nc(-c2ccc(F)cc2Br)no1. The molecule has 1 fully saturated rings. The van der Waals surface area contributed by atoms with E-state index in [1.807, 2.05) is 6.92 Å². The van der Waals surface area contributed by atoms with Crippen LogP contribution in [-0.4, -0.2) is 35.9 Å². The van der Waals surface area contributed by atoms with Crippen LogP contribution in [0.4, 0.5) is 4.39 Å². The number of halogens is 2. The molecule has 3 rings (SSSR count). The standard InChI is InChI=1S/C14H15BrFN3O2/c1-2-17-12-7-20-6-10(12)14-18-13(19-21-14)9-4-3-8(16)5-11(9)15/h3-5,10,12,17H,2,6-7H2,1H3. The van der Waals surface area contributed by atoms with Crippen molar-refractivity contribution in [2.75, 3.05) is 19.8 Å². The summed E-state index contributed by atoms with van der Waals surface area (Å²) >= 11 is 3.31. The predicted octanol–water partition coefficient (Wildman–Crippen LogP) is 2.73. The van der Waals surface area contributed by atoms with Crippen molar-refractivity contribution in [3.8, 4) is 11.4 Å². The fourth-order valence-corrected chi connectivity index (χ4v) is 2.96. The van der Waals surface area contributed by atoms with E-state index >= 15 is 0 Å². The van der Waals surface area contributed by atoms with Crippen molar-refractivity contribution in [3.05, 3.63) is 34.4 Å². The number of likely N-dealkylation sites (N-methyl/N-ethyl adjacent to an activating group) is 1. The average Bonchev–Trinajstić information content (AvgIpc) is 3.07. The molecule has 112 valence electrons. The Morgan fingerprint density at radius 2 is 2.29 bits per heavy atom. The van der Waals surface area contributed by atoms with E-state index in [1.54, 1.807) is 6.07 Å². The van der Waals surface area contributed by atoms with Crippen LogP contribution in [-0.2, 0) is 4.74 Å². The summed E-state index contributed by atoms with van der Waals surface area (Å²) in [6.07, 6.45) is 0. The smallest absolute Gasteiger partial charge is 0.234 e. The molecule has 7 heteroatoms. The molecule has 0 radical (unpaired) electrons. The second kappa shape index (κ2) is 6.21. The summed E-state index contributed by atoms with van der Waals surface area (Å²) in [4.78, 5) is 4.44. The molecule has 2 unspecified atom stereocenters. The van der Waals surface area contributed by atoms with Crippen LogP contribution in [0.25, 0.3) is 11.4 Å². The molecular formula is C14H15BrFN3O2. The summed E-state index contributed by atoms with van der Waals surface area (Å²) in [5.41, 5.74) is 0.699. The second-order valence-corrected chi connectivity index (χ2v) is 5.74. The molecular weight excluding hydrogens is 341 g/mol. The maximum atomic E-state index is 13.1. The van der Waals surface area contributed by atoms with Gasteiger partial charge in [0.25, 0.3) is 0 Å². The Hall–Kier alpha value is -1.31. The van der Waals surface area contributed by atoms with E-state index in [0.29, 0.717) is 35.0 Å². The molecule has 2 aromatic rings. The zero-order chi connectivity index (χ0) is 14.8. The second-order valence-electron chi connectivity index (χ2n) is 4.89. The number of aromatic nitrogens is 2. The third kappa shape index (κ3) is 3.00. The third-order valence-electron chi connectivity index (χ3n) is 3.48. The zero-order valence-electron chi connectivity index (χ0n) is 11.5. The van der Waals surface area contributed by atoms with Crippen LogP contribution in [0.5, 0.6) is 0 Å². The molecule has 1 aliphatic heterocycles. The van der Waals surface area contributed by atoms with Crippen molar-refractivity contribution >= 4 is 15.9 Å². The van der Waals surface area contributed by atoms with Gasteiger partial charge in [0.1, 0.15) is 5.82 Å². The van der Waals surface area contributed by atoms with Crippen molar-refractivity contribution in [1.82, 2.24) is 15.5 Å². The van der Waals surface area contributed by atoms with Crippen LogP contribution in [0.1, 0.15) is 18.7 Å². The average molecular weight is 356 g/mol. The Bertz CT molecular complexity index is 634. The molecule has 0 spiro atoms. The molecule has 1 saturated heterocycles. The summed E-state index contributed by atoms with van der Waals surface area (Å²) in [5.74, 6) is 0.722. The molecule has 0 aliphatic carbocycles. The number of ether oxygens (including phenoxy) is 1. The topological polar surface area (TPSA) is 60.2 Å². The van der Waals surface area contributed by atoms with E-state index in [9.17, 15) is 4.39 Å². The summed E-state index contributed by atoms with van der Waals surface area (Å²) < 4.78 is 24.6. The lowest BCUT2D eigenvalue weighted by atomic mass is 10.0. The molecule has 21 heavy (non-hydrogen) atoms. The van der Waals surface area contributed by atoms with Gasteiger partial charge in [-0.05, 0) is 40.7 Å². The van der Waals surface area contributed by atoms with Gasteiger partial charge in [-0.25, -0.2) is 4.39 Å². The minimum atomic E-state index is -0.314. The van der Waals surface area contributed by atoms with Crippen molar-refractivity contribution in [2.45, 2.75) is 18.9 Å². The molecule has 1 aromatic heterocycles. The van der Waals surface area contributed by atoms with Gasteiger partial charge in [0, 0.05) is 16.1 Å². The maximum Gasteiger partial charge on any atom is 0.234 e. The maximum absolute atomic E-state index is 13.1. The first kappa shape index (κ1) is 14.6. The van der Waals surface area contributed by atoms with Gasteiger partial charge in [0.15, 0.2) is 0 Å². The van der Waals surface area contributed by atoms with E-state index in [0.717, 1.165) is 6.54 Å². The van der Waals surface area contributed by atoms with Gasteiger partial charge in [-0.3, -0.25) is 0 Å². The lowest BCUT2D eigenvalue weighted by molar-refractivity contribution is 0.185. The number of rotatable bonds is 4. The first-order valence-electron chi connectivity index (χ1n) is 6.79. The van der Waals surface area contributed by atoms with E-state index in [2.05, 4.69) is 31.4 Å². The van der Waals surface area contributed by atoms with Gasteiger partial charge in [-0.15, -0.1) is 0 Å². The molecule has 5 nitrogen and oxygen atoms in total. The Balaban J connectivity index is 1.86. The first-order valence-corrected chi connectivity index (χ1v) is 7.58. The van der Waals surface area contributed by atoms with Crippen molar-refractivity contribution < 1.29 is 13.7 Å². The summed E-state index contributed by atoms with van der Waals surface area (Å²) in [6, 6.07) is 4.56. The normalized spacial score (nSPS) is 21.9. The molecule has 2 heterocycles. The van der Waals surface area contributed by atoms with Crippen LogP contribution in [0.15, 0.2) is 27.2 Å². The van der Waals surface area contributed by atoms with E-state index in [-0.39, 0.29) is 17.8 Å². The van der Waals surface area contributed by atoms with Gasteiger partial charge in [0.05, 0.1) is 19.1 Å². The Labute approximate surface area is 130 Å². The van der Waals surface area contributed by atoms with E-state index in [4.69, 9.17) is 9.26 Å². The first-order chi connectivity index (χ1) is 10.2. The van der Waals surface area contributed by atoms with Crippen molar-refractivity contribution in [3.63, 3.8) is 0 Å². The van der Waals surface area contributed by atoms with Gasteiger partial charge in [-0.1, -0.05) is 12.1 Å². The highest BCUT2D eigenvalue weighted by molar-refractivity contribution is 9.10. The number of benzene rings is 1. The zero-order valence-corrected chi connectivity index (χ0v) is 13.1. The molecule has 0 bridgehead atoms. The van der Waals surface area contributed by atoms with Crippen LogP contribution >= 0.6 is 15.9 Å². The van der Waals surface area contributed by atoms with Gasteiger partial charge < -0.3 is 14.6 Å². The molecule has 1 aromatic carbocycles. The highest BCUT2D eigenvalue weighted by atomic mass is 79.9. The minimum absolute atomic E-state index is 0.0467. The fourth-order valence-electron chi connectivity index (χ4n) is 2.43. The quantitative estimate of drug-likeness (QED) is 0.913. The third-order valence-corrected chi connectivity index (χ3v) is 4.13. The lowest BCUT2D eigenvalue weighted by Gasteiger charge is -2.13. The van der Waals surface area contributed by atoms with Gasteiger partial charge in [0.2, 0.25) is 11.7 Å². The minimum Gasteiger partial charge on any atom is -0.379 e. The summed E-state index contributed by atoms with van der Waals surface area (Å²) in [5, 5.41) is 7.34. The van der Waals surface area contributed by atoms with E-state index < -0.39 is 0 Å². The van der Waals surface area contributed by atoms with Crippen LogP contribution in [0.3, 0.4) is 0 Å². The van der Waals surface area contributed by atoms with Crippen molar-refractivity contribution in [1.29, 1.82) is 0 Å². The number of nitrogens with one attached hydrogen (secondary N) is 1. The number of hydrogen-bond acceptors (Lipinski definition) is 5. The lowest BCUT2D eigenvalue weighted by Crippen LogP contribution is -2.34. The monoisotopic (exact) mass is 355 g/mol. The molecule has 2 atom stereocenters. The Kier molecular flexibility index (Phi) is 4.32. The Morgan fingerprint density at radius 1 is 1.43 bits per heavy atom. The summed E-state index contributed by atoms with van der Waals surface area (Å²) in [6.45, 7) is 4.10. The number of hydrogen-bond donors (Lipinski definition) is 1. The fraction of sp³-hybridized carbons (Fsp3) is 0.429. The Morgan fingerprint density at radius 3 is 3.05 bits per heavy atom. The molecule has 0 amide bonds. The van der Waals surface area contributed by atoms with Crippen LogP contribution in [0, 0.1) is 5.82 Å². The van der Waals surface area contributed by atoms with Gasteiger partial charge in [-0.2, -0.15) is 4.98 Å².